The smallest absolute Gasteiger partial charge is 0.344 e. The Morgan fingerprint density at radius 1 is 1.11 bits per heavy atom. The van der Waals surface area contributed by atoms with Gasteiger partial charge in [0, 0.05) is 0 Å². The summed E-state index contributed by atoms with van der Waals surface area (Å²) in [6.45, 7) is 3.41. The third-order valence-electron chi connectivity index (χ3n) is 4.48. The minimum absolute atomic E-state index is 0.247. The second-order valence-corrected chi connectivity index (χ2v) is 6.48. The van der Waals surface area contributed by atoms with Crippen LogP contribution < -0.4 is 10.7 Å². The molecule has 2 N–H and O–H groups in total. The zero-order valence-electron chi connectivity index (χ0n) is 15.1. The maximum Gasteiger partial charge on any atom is 0.344 e. The largest absolute Gasteiger partial charge is 0.364 e. The van der Waals surface area contributed by atoms with Crippen molar-refractivity contribution in [1.82, 2.24) is 15.8 Å². The van der Waals surface area contributed by atoms with E-state index in [2.05, 4.69) is 10.7 Å². The fraction of sp³-hybridized carbons (Fsp3) is 0.250. The van der Waals surface area contributed by atoms with E-state index < -0.39 is 29.5 Å². The molecule has 2 aromatic rings. The summed E-state index contributed by atoms with van der Waals surface area (Å²) in [5.74, 6) is -1.13. The van der Waals surface area contributed by atoms with E-state index >= 15 is 0 Å². The maximum atomic E-state index is 12.8. The van der Waals surface area contributed by atoms with Crippen molar-refractivity contribution in [1.29, 1.82) is 0 Å². The van der Waals surface area contributed by atoms with Crippen LogP contribution in [0.25, 0.3) is 0 Å². The van der Waals surface area contributed by atoms with Crippen molar-refractivity contribution in [2.24, 2.45) is 0 Å². The molecule has 0 saturated carbocycles. The number of nitrogens with one attached hydrogen (secondary N) is 2. The van der Waals surface area contributed by atoms with Crippen molar-refractivity contribution in [2.45, 2.75) is 32.1 Å². The zero-order valence-corrected chi connectivity index (χ0v) is 15.1. The van der Waals surface area contributed by atoms with E-state index in [4.69, 9.17) is 4.74 Å². The summed E-state index contributed by atoms with van der Waals surface area (Å²) in [7, 11) is 0. The van der Waals surface area contributed by atoms with Crippen LogP contribution in [0.1, 0.15) is 25.0 Å². The first-order valence-corrected chi connectivity index (χ1v) is 8.60. The molecule has 7 nitrogen and oxygen atoms in total. The normalized spacial score (nSPS) is 20.3. The molecule has 140 valence electrons. The number of carbonyl (C=O) groups excluding carboxylic acids is 3. The highest BCUT2D eigenvalue weighted by Gasteiger charge is 2.50. The minimum Gasteiger partial charge on any atom is -0.364 e. The fourth-order valence-corrected chi connectivity index (χ4v) is 2.78. The molecular formula is C20H21N3O4. The molecule has 1 fully saturated rings. The molecule has 0 radical (unpaired) electrons. The van der Waals surface area contributed by atoms with Gasteiger partial charge in [-0.3, -0.25) is 15.0 Å². The van der Waals surface area contributed by atoms with Crippen LogP contribution in [0.4, 0.5) is 4.79 Å². The summed E-state index contributed by atoms with van der Waals surface area (Å²) in [4.78, 5) is 37.4. The van der Waals surface area contributed by atoms with E-state index in [0.29, 0.717) is 10.6 Å². The Hall–Kier alpha value is -3.19. The molecule has 1 aliphatic rings. The number of imide groups is 1. The molecule has 0 aromatic heterocycles. The number of nitrogens with zero attached hydrogens (tertiary/aromatic N) is 1. The minimum atomic E-state index is -1.24. The first-order valence-electron chi connectivity index (χ1n) is 8.60. The lowest BCUT2D eigenvalue weighted by Gasteiger charge is -2.22. The highest BCUT2D eigenvalue weighted by atomic mass is 16.5. The molecule has 0 spiro atoms. The average Bonchev–Trinajstić information content (AvgIpc) is 2.91. The van der Waals surface area contributed by atoms with Gasteiger partial charge in [0.15, 0.2) is 0 Å². The topological polar surface area (TPSA) is 87.7 Å². The number of amides is 4. The van der Waals surface area contributed by atoms with Gasteiger partial charge in [0.05, 0.1) is 6.61 Å². The van der Waals surface area contributed by atoms with Crippen LogP contribution in [0, 0.1) is 0 Å². The van der Waals surface area contributed by atoms with Gasteiger partial charge < -0.3 is 10.1 Å². The standard InChI is InChI=1S/C20H21N3O4/c1-14(27-13-15-9-5-3-6-10-15)17(24)22-23-18(25)20(2,21-19(23)26)16-11-7-4-8-12-16/h3-12,14H,13H2,1-2H3,(H,21,26)(H,22,24). The number of hydrogen-bond acceptors (Lipinski definition) is 4. The molecule has 7 heteroatoms. The molecule has 2 unspecified atom stereocenters. The van der Waals surface area contributed by atoms with Gasteiger partial charge in [-0.1, -0.05) is 60.7 Å². The van der Waals surface area contributed by atoms with Gasteiger partial charge in [0.25, 0.3) is 11.8 Å². The van der Waals surface area contributed by atoms with Crippen molar-refractivity contribution in [3.8, 4) is 0 Å². The Labute approximate surface area is 157 Å². The van der Waals surface area contributed by atoms with Crippen molar-refractivity contribution in [2.75, 3.05) is 0 Å². The second-order valence-electron chi connectivity index (χ2n) is 6.48. The highest BCUT2D eigenvalue weighted by Crippen LogP contribution is 2.27. The number of hydrogen-bond donors (Lipinski definition) is 2. The summed E-state index contributed by atoms with van der Waals surface area (Å²) in [6, 6.07) is 17.6. The van der Waals surface area contributed by atoms with Crippen LogP contribution in [0.15, 0.2) is 60.7 Å². The third-order valence-corrected chi connectivity index (χ3v) is 4.48. The molecule has 0 aliphatic carbocycles. The van der Waals surface area contributed by atoms with Crippen LogP contribution >= 0.6 is 0 Å². The van der Waals surface area contributed by atoms with Crippen molar-refractivity contribution >= 4 is 17.8 Å². The lowest BCUT2D eigenvalue weighted by Crippen LogP contribution is -2.50. The molecule has 1 aliphatic heterocycles. The van der Waals surface area contributed by atoms with E-state index in [1.165, 1.54) is 0 Å². The van der Waals surface area contributed by atoms with Gasteiger partial charge in [-0.05, 0) is 25.0 Å². The van der Waals surface area contributed by atoms with Gasteiger partial charge >= 0.3 is 6.03 Å². The molecule has 27 heavy (non-hydrogen) atoms. The Kier molecular flexibility index (Phi) is 5.23. The van der Waals surface area contributed by atoms with E-state index in [-0.39, 0.29) is 6.61 Å². The number of hydrazine groups is 1. The quantitative estimate of drug-likeness (QED) is 0.766. The van der Waals surface area contributed by atoms with Crippen molar-refractivity contribution in [3.63, 3.8) is 0 Å². The molecule has 1 heterocycles. The van der Waals surface area contributed by atoms with Gasteiger partial charge in [-0.2, -0.15) is 5.01 Å². The molecular weight excluding hydrogens is 346 g/mol. The summed E-state index contributed by atoms with van der Waals surface area (Å²) in [6.07, 6.45) is -0.839. The van der Waals surface area contributed by atoms with Crippen LogP contribution in [-0.4, -0.2) is 29.0 Å². The predicted octanol–water partition coefficient (Wildman–Crippen LogP) is 2.09. The fourth-order valence-electron chi connectivity index (χ4n) is 2.78. The van der Waals surface area contributed by atoms with Crippen LogP contribution in [-0.2, 0) is 26.5 Å². The average molecular weight is 367 g/mol. The zero-order chi connectivity index (χ0) is 19.4. The molecule has 2 atom stereocenters. The van der Waals surface area contributed by atoms with Crippen molar-refractivity contribution < 1.29 is 19.1 Å². The summed E-state index contributed by atoms with van der Waals surface area (Å²) < 4.78 is 5.53. The number of benzene rings is 2. The number of ether oxygens (including phenoxy) is 1. The van der Waals surface area contributed by atoms with E-state index in [1.807, 2.05) is 36.4 Å². The Balaban J connectivity index is 1.63. The molecule has 1 saturated heterocycles. The van der Waals surface area contributed by atoms with Crippen molar-refractivity contribution in [3.05, 3.63) is 71.8 Å². The third kappa shape index (κ3) is 3.83. The second kappa shape index (κ2) is 7.59. The molecule has 0 bridgehead atoms. The number of urea groups is 1. The summed E-state index contributed by atoms with van der Waals surface area (Å²) >= 11 is 0. The Morgan fingerprint density at radius 2 is 1.70 bits per heavy atom. The first kappa shape index (κ1) is 18.6. The molecule has 3 rings (SSSR count). The number of rotatable bonds is 6. The molecule has 4 amide bonds. The van der Waals surface area contributed by atoms with Gasteiger partial charge in [-0.25, -0.2) is 4.79 Å². The predicted molar refractivity (Wildman–Crippen MR) is 98.0 cm³/mol. The van der Waals surface area contributed by atoms with Gasteiger partial charge in [0.2, 0.25) is 0 Å². The number of carbonyl (C=O) groups is 3. The molecule has 2 aromatic carbocycles. The van der Waals surface area contributed by atoms with E-state index in [0.717, 1.165) is 5.56 Å². The van der Waals surface area contributed by atoms with Gasteiger partial charge in [0.1, 0.15) is 11.6 Å². The van der Waals surface area contributed by atoms with Crippen LogP contribution in [0.5, 0.6) is 0 Å². The maximum absolute atomic E-state index is 12.8. The first-order chi connectivity index (χ1) is 12.9. The van der Waals surface area contributed by atoms with Gasteiger partial charge in [-0.15, -0.1) is 0 Å². The lowest BCUT2D eigenvalue weighted by atomic mass is 9.92. The Morgan fingerprint density at radius 3 is 2.33 bits per heavy atom. The summed E-state index contributed by atoms with van der Waals surface area (Å²) in [5.41, 5.74) is 2.66. The van der Waals surface area contributed by atoms with Crippen LogP contribution in [0.3, 0.4) is 0 Å². The Bertz CT molecular complexity index is 841. The van der Waals surface area contributed by atoms with E-state index in [9.17, 15) is 14.4 Å². The van der Waals surface area contributed by atoms with Crippen LogP contribution in [0.2, 0.25) is 0 Å². The lowest BCUT2D eigenvalue weighted by molar-refractivity contribution is -0.144. The SMILES string of the molecule is CC(OCc1ccccc1)C(=O)NN1C(=O)NC(C)(c2ccccc2)C1=O. The van der Waals surface area contributed by atoms with E-state index in [1.54, 1.807) is 38.1 Å². The monoisotopic (exact) mass is 367 g/mol. The highest BCUT2D eigenvalue weighted by molar-refractivity contribution is 6.08. The summed E-state index contributed by atoms with van der Waals surface area (Å²) in [5, 5.41) is 3.34.